The van der Waals surface area contributed by atoms with E-state index < -0.39 is 6.03 Å². The number of hydrogen-bond acceptors (Lipinski definition) is 8. The molecule has 5 amide bonds. The van der Waals surface area contributed by atoms with Crippen molar-refractivity contribution in [3.05, 3.63) is 83.8 Å². The second-order valence-corrected chi connectivity index (χ2v) is 10.6. The van der Waals surface area contributed by atoms with Crippen LogP contribution >= 0.6 is 0 Å². The van der Waals surface area contributed by atoms with E-state index in [2.05, 4.69) is 36.2 Å². The van der Waals surface area contributed by atoms with Crippen LogP contribution in [0.1, 0.15) is 34.5 Å². The minimum Gasteiger partial charge on any atom is -0.495 e. The zero-order valence-corrected chi connectivity index (χ0v) is 24.4. The zero-order valence-electron chi connectivity index (χ0n) is 24.4. The summed E-state index contributed by atoms with van der Waals surface area (Å²) in [4.78, 5) is 54.8. The SMILES string of the molecule is COc1ccccc1NC(=O)Nc1ccc(C)c(N2Cc3cnc(Nc4ccc(C(=O)NC5CC5)nc4)nc3N(C)C2=O)c1. The second kappa shape index (κ2) is 11.9. The number of methoxy groups -OCH3 is 1. The quantitative estimate of drug-likeness (QED) is 0.222. The van der Waals surface area contributed by atoms with Gasteiger partial charge in [-0.2, -0.15) is 4.98 Å². The van der Waals surface area contributed by atoms with E-state index in [4.69, 9.17) is 4.74 Å². The number of nitrogens with one attached hydrogen (secondary N) is 4. The third-order valence-corrected chi connectivity index (χ3v) is 7.28. The molecule has 1 saturated carbocycles. The molecule has 0 bridgehead atoms. The minimum absolute atomic E-state index is 0.193. The van der Waals surface area contributed by atoms with Gasteiger partial charge in [-0.05, 0) is 61.7 Å². The Morgan fingerprint density at radius 3 is 2.52 bits per heavy atom. The third kappa shape index (κ3) is 6.07. The molecular weight excluding hydrogens is 562 g/mol. The number of nitrogens with zero attached hydrogens (tertiary/aromatic N) is 5. The lowest BCUT2D eigenvalue weighted by Gasteiger charge is -2.35. The molecule has 0 unspecified atom stereocenters. The van der Waals surface area contributed by atoms with Crippen LogP contribution in [-0.2, 0) is 6.54 Å². The molecule has 2 aromatic carbocycles. The maximum absolute atomic E-state index is 13.5. The summed E-state index contributed by atoms with van der Waals surface area (Å²) in [6.45, 7) is 2.14. The number of aryl methyl sites for hydroxylation is 1. The second-order valence-electron chi connectivity index (χ2n) is 10.6. The van der Waals surface area contributed by atoms with Crippen molar-refractivity contribution < 1.29 is 19.1 Å². The van der Waals surface area contributed by atoms with E-state index >= 15 is 0 Å². The number of benzene rings is 2. The van der Waals surface area contributed by atoms with Crippen molar-refractivity contribution in [2.45, 2.75) is 32.4 Å². The highest BCUT2D eigenvalue weighted by Crippen LogP contribution is 2.33. The molecule has 3 heterocycles. The molecule has 4 N–H and O–H groups in total. The lowest BCUT2D eigenvalue weighted by Crippen LogP contribution is -2.46. The Morgan fingerprint density at radius 2 is 1.77 bits per heavy atom. The number of ether oxygens (including phenoxy) is 1. The van der Waals surface area contributed by atoms with E-state index in [0.29, 0.717) is 40.0 Å². The summed E-state index contributed by atoms with van der Waals surface area (Å²) >= 11 is 0. The topological polar surface area (TPSA) is 154 Å². The average Bonchev–Trinajstić information content (AvgIpc) is 3.85. The molecule has 44 heavy (non-hydrogen) atoms. The van der Waals surface area contributed by atoms with Crippen LogP contribution in [0, 0.1) is 6.92 Å². The van der Waals surface area contributed by atoms with Gasteiger partial charge in [0.25, 0.3) is 5.91 Å². The van der Waals surface area contributed by atoms with Crippen molar-refractivity contribution >= 4 is 52.5 Å². The number of para-hydroxylation sites is 2. The first kappa shape index (κ1) is 28.4. The number of fused-ring (bicyclic) bond motifs is 1. The summed E-state index contributed by atoms with van der Waals surface area (Å²) in [5.74, 6) is 1.11. The maximum Gasteiger partial charge on any atom is 0.330 e. The van der Waals surface area contributed by atoms with Crippen molar-refractivity contribution in [3.8, 4) is 5.75 Å². The highest BCUT2D eigenvalue weighted by molar-refractivity contribution is 6.06. The van der Waals surface area contributed by atoms with Gasteiger partial charge in [0, 0.05) is 30.5 Å². The fourth-order valence-electron chi connectivity index (χ4n) is 4.79. The molecule has 2 aliphatic rings. The lowest BCUT2D eigenvalue weighted by atomic mass is 10.1. The lowest BCUT2D eigenvalue weighted by molar-refractivity contribution is 0.0946. The van der Waals surface area contributed by atoms with Crippen LogP contribution in [0.4, 0.5) is 44.1 Å². The summed E-state index contributed by atoms with van der Waals surface area (Å²) in [6.07, 6.45) is 5.22. The Labute approximate surface area is 253 Å². The van der Waals surface area contributed by atoms with E-state index in [9.17, 15) is 14.4 Å². The van der Waals surface area contributed by atoms with Gasteiger partial charge in [0.15, 0.2) is 0 Å². The number of hydrogen-bond donors (Lipinski definition) is 4. The van der Waals surface area contributed by atoms with Gasteiger partial charge in [0.05, 0.1) is 36.9 Å². The normalized spacial score (nSPS) is 14.0. The van der Waals surface area contributed by atoms with E-state index in [0.717, 1.165) is 24.0 Å². The van der Waals surface area contributed by atoms with Gasteiger partial charge >= 0.3 is 12.1 Å². The number of pyridine rings is 1. The minimum atomic E-state index is -0.448. The monoisotopic (exact) mass is 593 g/mol. The van der Waals surface area contributed by atoms with Crippen molar-refractivity contribution in [1.82, 2.24) is 20.3 Å². The van der Waals surface area contributed by atoms with Gasteiger partial charge < -0.3 is 26.0 Å². The molecule has 13 heteroatoms. The number of carbonyl (C=O) groups is 3. The maximum atomic E-state index is 13.5. The number of amides is 5. The summed E-state index contributed by atoms with van der Waals surface area (Å²) in [6, 6.07) is 15.4. The first-order valence-corrected chi connectivity index (χ1v) is 14.1. The third-order valence-electron chi connectivity index (χ3n) is 7.28. The number of carbonyl (C=O) groups excluding carboxylic acids is 3. The number of aromatic nitrogens is 3. The van der Waals surface area contributed by atoms with Crippen LogP contribution in [0.3, 0.4) is 0 Å². The largest absolute Gasteiger partial charge is 0.495 e. The van der Waals surface area contributed by atoms with Crippen molar-refractivity contribution in [2.75, 3.05) is 39.9 Å². The molecule has 0 saturated heterocycles. The van der Waals surface area contributed by atoms with Crippen LogP contribution in [-0.4, -0.2) is 53.1 Å². The summed E-state index contributed by atoms with van der Waals surface area (Å²) in [5, 5.41) is 11.6. The molecule has 1 fully saturated rings. The van der Waals surface area contributed by atoms with Gasteiger partial charge in [-0.15, -0.1) is 0 Å². The zero-order chi connectivity index (χ0) is 30.8. The summed E-state index contributed by atoms with van der Waals surface area (Å²) < 4.78 is 5.30. The Balaban J connectivity index is 1.15. The van der Waals surface area contributed by atoms with E-state index in [1.165, 1.54) is 12.0 Å². The Kier molecular flexibility index (Phi) is 7.67. The molecule has 0 radical (unpaired) electrons. The smallest absolute Gasteiger partial charge is 0.330 e. The van der Waals surface area contributed by atoms with Crippen LogP contribution < -0.4 is 35.8 Å². The van der Waals surface area contributed by atoms with Gasteiger partial charge in [-0.25, -0.2) is 19.6 Å². The molecule has 6 rings (SSSR count). The van der Waals surface area contributed by atoms with Gasteiger partial charge in [-0.3, -0.25) is 14.6 Å². The Morgan fingerprint density at radius 1 is 0.977 bits per heavy atom. The van der Waals surface area contributed by atoms with Crippen molar-refractivity contribution in [2.24, 2.45) is 0 Å². The fourth-order valence-corrected chi connectivity index (χ4v) is 4.79. The summed E-state index contributed by atoms with van der Waals surface area (Å²) in [5.41, 5.74) is 4.23. The molecule has 0 spiro atoms. The van der Waals surface area contributed by atoms with Gasteiger partial charge in [-0.1, -0.05) is 18.2 Å². The van der Waals surface area contributed by atoms with Crippen LogP contribution in [0.5, 0.6) is 5.75 Å². The molecule has 13 nitrogen and oxygen atoms in total. The Bertz CT molecular complexity index is 1740. The molecule has 4 aromatic rings. The predicted molar refractivity (Wildman–Crippen MR) is 167 cm³/mol. The van der Waals surface area contributed by atoms with Crippen LogP contribution in [0.25, 0.3) is 0 Å². The molecule has 1 aliphatic heterocycles. The predicted octanol–water partition coefficient (Wildman–Crippen LogP) is 5.04. The summed E-state index contributed by atoms with van der Waals surface area (Å²) in [7, 11) is 3.18. The molecule has 2 aromatic heterocycles. The Hall–Kier alpha value is -5.72. The van der Waals surface area contributed by atoms with Gasteiger partial charge in [0.1, 0.15) is 17.3 Å². The fraction of sp³-hybridized carbons (Fsp3) is 0.226. The van der Waals surface area contributed by atoms with Crippen molar-refractivity contribution in [3.63, 3.8) is 0 Å². The van der Waals surface area contributed by atoms with Gasteiger partial charge in [0.2, 0.25) is 5.95 Å². The highest BCUT2D eigenvalue weighted by Gasteiger charge is 2.32. The molecule has 0 atom stereocenters. The van der Waals surface area contributed by atoms with E-state index in [1.807, 2.05) is 19.1 Å². The highest BCUT2D eigenvalue weighted by atomic mass is 16.5. The van der Waals surface area contributed by atoms with E-state index in [1.54, 1.807) is 66.8 Å². The molecule has 1 aliphatic carbocycles. The van der Waals surface area contributed by atoms with Crippen molar-refractivity contribution in [1.29, 1.82) is 0 Å². The van der Waals surface area contributed by atoms with Crippen LogP contribution in [0.2, 0.25) is 0 Å². The number of anilines is 6. The van der Waals surface area contributed by atoms with E-state index in [-0.39, 0.29) is 30.5 Å². The number of rotatable bonds is 8. The molecular formula is C31H31N9O4. The first-order valence-electron chi connectivity index (χ1n) is 14.1. The molecule has 224 valence electrons. The standard InChI is InChI=1S/C31H31N9O4/c1-18-8-9-21(36-30(42)37-23-6-4-5-7-26(23)44-3)14-25(18)40-17-19-15-33-29(38-27(19)39(2)31(40)43)35-22-12-13-24(32-16-22)28(41)34-20-10-11-20/h4-9,12-16,20H,10-11,17H2,1-3H3,(H,34,41)(H,33,35,38)(H2,36,37,42). The first-order chi connectivity index (χ1) is 21.3. The number of urea groups is 2. The average molecular weight is 594 g/mol. The van der Waals surface area contributed by atoms with Crippen LogP contribution in [0.15, 0.2) is 67.0 Å².